The lowest BCUT2D eigenvalue weighted by atomic mass is 9.77. The summed E-state index contributed by atoms with van der Waals surface area (Å²) in [7, 11) is 0. The van der Waals surface area contributed by atoms with Crippen molar-refractivity contribution in [3.05, 3.63) is 141 Å². The zero-order chi connectivity index (χ0) is 24.5. The number of alkyl halides is 1. The van der Waals surface area contributed by atoms with E-state index in [0.29, 0.717) is 23.6 Å². The summed E-state index contributed by atoms with van der Waals surface area (Å²) < 4.78 is 1.29. The van der Waals surface area contributed by atoms with Crippen molar-refractivity contribution in [3.63, 3.8) is 0 Å². The van der Waals surface area contributed by atoms with Crippen LogP contribution >= 0.6 is 34.2 Å². The molecule has 0 fully saturated rings. The van der Waals surface area contributed by atoms with Gasteiger partial charge < -0.3 is 0 Å². The smallest absolute Gasteiger partial charge is 0.0474 e. The summed E-state index contributed by atoms with van der Waals surface area (Å²) in [6, 6.07) is 40.1. The molecule has 0 spiro atoms. The maximum Gasteiger partial charge on any atom is 0.0474 e. The van der Waals surface area contributed by atoms with Crippen LogP contribution in [-0.4, -0.2) is 0 Å². The highest BCUT2D eigenvalue weighted by Gasteiger charge is 2.22. The number of aryl methyl sites for hydroxylation is 1. The Kier molecular flexibility index (Phi) is 9.85. The largest absolute Gasteiger partial charge is 0.122 e. The van der Waals surface area contributed by atoms with Gasteiger partial charge in [-0.15, -0.1) is 11.6 Å². The summed E-state index contributed by atoms with van der Waals surface area (Å²) in [4.78, 5) is 0. The highest BCUT2D eigenvalue weighted by molar-refractivity contribution is 14.1. The lowest BCUT2D eigenvalue weighted by molar-refractivity contribution is 0.458. The summed E-state index contributed by atoms with van der Waals surface area (Å²) >= 11 is 8.48. The molecule has 0 nitrogen and oxygen atoms in total. The van der Waals surface area contributed by atoms with Crippen molar-refractivity contribution >= 4 is 34.2 Å². The maximum absolute atomic E-state index is 6.10. The van der Waals surface area contributed by atoms with E-state index in [0.717, 1.165) is 25.7 Å². The highest BCUT2D eigenvalue weighted by atomic mass is 127. The van der Waals surface area contributed by atoms with E-state index in [1.165, 1.54) is 31.4 Å². The molecule has 0 aromatic heterocycles. The fourth-order valence-corrected chi connectivity index (χ4v) is 5.61. The van der Waals surface area contributed by atoms with Gasteiger partial charge in [0.05, 0.1) is 0 Å². The monoisotopic (exact) mass is 592 g/mol. The van der Waals surface area contributed by atoms with Gasteiger partial charge in [-0.2, -0.15) is 0 Å². The van der Waals surface area contributed by atoms with Gasteiger partial charge in [-0.05, 0) is 106 Å². The third kappa shape index (κ3) is 7.69. The topological polar surface area (TPSA) is 0 Å². The van der Waals surface area contributed by atoms with Crippen molar-refractivity contribution in [2.45, 2.75) is 56.2 Å². The van der Waals surface area contributed by atoms with Crippen LogP contribution in [0.1, 0.15) is 71.8 Å². The summed E-state index contributed by atoms with van der Waals surface area (Å²) in [5, 5.41) is 0. The van der Waals surface area contributed by atoms with Crippen molar-refractivity contribution in [1.82, 2.24) is 0 Å². The molecule has 3 unspecified atom stereocenters. The zero-order valence-electron chi connectivity index (χ0n) is 20.4. The van der Waals surface area contributed by atoms with E-state index < -0.39 is 0 Å². The van der Waals surface area contributed by atoms with Crippen LogP contribution < -0.4 is 0 Å². The summed E-state index contributed by atoms with van der Waals surface area (Å²) in [5.41, 5.74) is 6.91. The predicted octanol–water partition coefficient (Wildman–Crippen LogP) is 10.1. The van der Waals surface area contributed by atoms with Crippen molar-refractivity contribution in [1.29, 1.82) is 0 Å². The number of hydrogen-bond acceptors (Lipinski definition) is 0. The molecule has 0 aliphatic carbocycles. The van der Waals surface area contributed by atoms with E-state index in [2.05, 4.69) is 139 Å². The van der Waals surface area contributed by atoms with Crippen LogP contribution in [0.5, 0.6) is 0 Å². The van der Waals surface area contributed by atoms with Crippen molar-refractivity contribution < 1.29 is 0 Å². The molecule has 0 bridgehead atoms. The van der Waals surface area contributed by atoms with Gasteiger partial charge in [0.2, 0.25) is 0 Å². The average molecular weight is 593 g/mol. The third-order valence-electron chi connectivity index (χ3n) is 7.15. The van der Waals surface area contributed by atoms with Crippen molar-refractivity contribution in [2.24, 2.45) is 0 Å². The normalized spacial score (nSPS) is 13.8. The van der Waals surface area contributed by atoms with Crippen LogP contribution in [0.15, 0.2) is 109 Å². The SMILES string of the molecule is CC(CC(CC(CCc1ccc(I)cc1)c1ccccc1)c1ccc(CCl)cc1)c1ccccc1. The molecule has 0 saturated heterocycles. The van der Waals surface area contributed by atoms with E-state index >= 15 is 0 Å². The third-order valence-corrected chi connectivity index (χ3v) is 8.17. The summed E-state index contributed by atoms with van der Waals surface area (Å²) in [6.45, 7) is 2.37. The van der Waals surface area contributed by atoms with Gasteiger partial charge >= 0.3 is 0 Å². The molecule has 0 heterocycles. The van der Waals surface area contributed by atoms with Crippen LogP contribution in [0, 0.1) is 3.57 Å². The molecule has 2 heteroatoms. The second-order valence-corrected chi connectivity index (χ2v) is 11.1. The van der Waals surface area contributed by atoms with Gasteiger partial charge in [0.25, 0.3) is 0 Å². The standard InChI is InChI=1S/C33H34ClI/c1-25(28-8-4-2-5-9-28)22-32(30-17-13-27(24-34)14-18-30)23-31(29-10-6-3-7-11-29)19-12-26-15-20-33(35)21-16-26/h2-11,13-18,20-21,25,31-32H,12,19,22-24H2,1H3. The van der Waals surface area contributed by atoms with Crippen molar-refractivity contribution in [3.8, 4) is 0 Å². The molecule has 3 atom stereocenters. The molecule has 4 aromatic rings. The van der Waals surface area contributed by atoms with Crippen molar-refractivity contribution in [2.75, 3.05) is 0 Å². The molecule has 0 saturated carbocycles. The second-order valence-electron chi connectivity index (χ2n) is 9.63. The summed E-state index contributed by atoms with van der Waals surface area (Å²) in [5.74, 6) is 2.06. The maximum atomic E-state index is 6.10. The van der Waals surface area contributed by atoms with Crippen LogP contribution in [0.2, 0.25) is 0 Å². The van der Waals surface area contributed by atoms with E-state index in [4.69, 9.17) is 11.6 Å². The molecule has 35 heavy (non-hydrogen) atoms. The Balaban J connectivity index is 1.59. The van der Waals surface area contributed by atoms with Crippen LogP contribution in [0.25, 0.3) is 0 Å². The first-order chi connectivity index (χ1) is 17.1. The molecule has 0 aliphatic rings. The van der Waals surface area contributed by atoms with Gasteiger partial charge in [0.1, 0.15) is 0 Å². The lowest BCUT2D eigenvalue weighted by Gasteiger charge is -2.27. The average Bonchev–Trinajstić information content (AvgIpc) is 2.92. The lowest BCUT2D eigenvalue weighted by Crippen LogP contribution is -2.11. The Bertz CT molecular complexity index is 1140. The van der Waals surface area contributed by atoms with E-state index in [9.17, 15) is 0 Å². The quantitative estimate of drug-likeness (QED) is 0.120. The molecular weight excluding hydrogens is 559 g/mol. The van der Waals surface area contributed by atoms with Gasteiger partial charge in [0.15, 0.2) is 0 Å². The Labute approximate surface area is 229 Å². The number of halogens is 2. The number of rotatable bonds is 11. The van der Waals surface area contributed by atoms with E-state index in [-0.39, 0.29) is 0 Å². The minimum absolute atomic E-state index is 0.483. The molecule has 0 N–H and O–H groups in total. The molecule has 0 radical (unpaired) electrons. The molecule has 4 rings (SSSR count). The highest BCUT2D eigenvalue weighted by Crippen LogP contribution is 2.39. The predicted molar refractivity (Wildman–Crippen MR) is 159 cm³/mol. The van der Waals surface area contributed by atoms with Crippen LogP contribution in [0.4, 0.5) is 0 Å². The van der Waals surface area contributed by atoms with Gasteiger partial charge in [-0.1, -0.05) is 104 Å². The molecule has 4 aromatic carbocycles. The molecular formula is C33H34ClI. The minimum Gasteiger partial charge on any atom is -0.122 e. The minimum atomic E-state index is 0.483. The molecule has 180 valence electrons. The Morgan fingerprint density at radius 3 is 1.74 bits per heavy atom. The van der Waals surface area contributed by atoms with Gasteiger partial charge in [-0.25, -0.2) is 0 Å². The summed E-state index contributed by atoms with van der Waals surface area (Å²) in [6.07, 6.45) is 4.53. The first-order valence-corrected chi connectivity index (χ1v) is 14.2. The Morgan fingerprint density at radius 2 is 1.14 bits per heavy atom. The first kappa shape index (κ1) is 26.0. The Hall–Kier alpha value is -2.10. The van der Waals surface area contributed by atoms with Gasteiger partial charge in [-0.3, -0.25) is 0 Å². The van der Waals surface area contributed by atoms with Crippen LogP contribution in [-0.2, 0) is 12.3 Å². The van der Waals surface area contributed by atoms with E-state index in [1.807, 2.05) is 0 Å². The van der Waals surface area contributed by atoms with Gasteiger partial charge in [0, 0.05) is 9.45 Å². The number of hydrogen-bond donors (Lipinski definition) is 0. The zero-order valence-corrected chi connectivity index (χ0v) is 23.3. The fourth-order valence-electron chi connectivity index (χ4n) is 5.07. The second kappa shape index (κ2) is 13.3. The van der Waals surface area contributed by atoms with E-state index in [1.54, 1.807) is 0 Å². The Morgan fingerprint density at radius 1 is 0.600 bits per heavy atom. The fraction of sp³-hybridized carbons (Fsp3) is 0.273. The number of benzene rings is 4. The molecule has 0 amide bonds. The molecule has 0 aliphatic heterocycles. The van der Waals surface area contributed by atoms with Crippen LogP contribution in [0.3, 0.4) is 0 Å². The first-order valence-electron chi connectivity index (χ1n) is 12.6.